The minimum absolute atomic E-state index is 0.0216. The van der Waals surface area contributed by atoms with Gasteiger partial charge in [-0.25, -0.2) is 14.4 Å². The Morgan fingerprint density at radius 3 is 1.90 bits per heavy atom. The van der Waals surface area contributed by atoms with Crippen LogP contribution in [0.5, 0.6) is 0 Å². The number of rotatable bonds is 3. The van der Waals surface area contributed by atoms with E-state index in [2.05, 4.69) is 0 Å². The zero-order chi connectivity index (χ0) is 15.7. The van der Waals surface area contributed by atoms with Crippen LogP contribution in [0.3, 0.4) is 0 Å². The van der Waals surface area contributed by atoms with Gasteiger partial charge in [0.25, 0.3) is 0 Å². The molecule has 1 aromatic carbocycles. The molecule has 0 aliphatic rings. The van der Waals surface area contributed by atoms with Crippen LogP contribution in [0.4, 0.5) is 0 Å². The second kappa shape index (κ2) is 5.32. The number of ether oxygens (including phenoxy) is 1. The Balaban J connectivity index is 3.42. The van der Waals surface area contributed by atoms with Crippen molar-refractivity contribution in [3.63, 3.8) is 0 Å². The van der Waals surface area contributed by atoms with Crippen molar-refractivity contribution in [2.24, 2.45) is 0 Å². The number of carboxylic acid groups (broad SMARTS) is 2. The quantitative estimate of drug-likeness (QED) is 0.824. The van der Waals surface area contributed by atoms with E-state index in [4.69, 9.17) is 9.84 Å². The standard InChI is InChI=1S/C14H16O6/c1-7-8(11(15)16)5-6-9(10(7)12(17)18)13(19)20-14(2,3)4/h5-6H,1-4H3,(H,15,16)(H,17,18). The van der Waals surface area contributed by atoms with Crippen LogP contribution in [-0.2, 0) is 4.74 Å². The number of carbonyl (C=O) groups excluding carboxylic acids is 1. The van der Waals surface area contributed by atoms with Gasteiger partial charge < -0.3 is 14.9 Å². The van der Waals surface area contributed by atoms with Gasteiger partial charge in [0.2, 0.25) is 0 Å². The molecule has 0 spiro atoms. The van der Waals surface area contributed by atoms with Crippen molar-refractivity contribution in [2.45, 2.75) is 33.3 Å². The van der Waals surface area contributed by atoms with Crippen molar-refractivity contribution in [1.29, 1.82) is 0 Å². The van der Waals surface area contributed by atoms with Gasteiger partial charge in [0.05, 0.1) is 16.7 Å². The van der Waals surface area contributed by atoms with Gasteiger partial charge in [0.15, 0.2) is 0 Å². The van der Waals surface area contributed by atoms with Crippen molar-refractivity contribution >= 4 is 17.9 Å². The fraction of sp³-hybridized carbons (Fsp3) is 0.357. The third-order valence-corrected chi connectivity index (χ3v) is 2.53. The molecule has 0 radical (unpaired) electrons. The smallest absolute Gasteiger partial charge is 0.339 e. The molecule has 0 aromatic heterocycles. The number of aromatic carboxylic acids is 2. The fourth-order valence-electron chi connectivity index (χ4n) is 1.72. The van der Waals surface area contributed by atoms with Crippen LogP contribution in [0.1, 0.15) is 57.4 Å². The summed E-state index contributed by atoms with van der Waals surface area (Å²) in [5.41, 5.74) is -1.41. The lowest BCUT2D eigenvalue weighted by atomic mass is 9.96. The Labute approximate surface area is 116 Å². The van der Waals surface area contributed by atoms with E-state index < -0.39 is 23.5 Å². The zero-order valence-electron chi connectivity index (χ0n) is 11.7. The Morgan fingerprint density at radius 1 is 1.00 bits per heavy atom. The molecule has 6 nitrogen and oxygen atoms in total. The highest BCUT2D eigenvalue weighted by Crippen LogP contribution is 2.22. The van der Waals surface area contributed by atoms with E-state index in [9.17, 15) is 19.5 Å². The highest BCUT2D eigenvalue weighted by molar-refractivity contribution is 6.06. The van der Waals surface area contributed by atoms with Crippen molar-refractivity contribution < 1.29 is 29.3 Å². The highest BCUT2D eigenvalue weighted by atomic mass is 16.6. The Morgan fingerprint density at radius 2 is 1.50 bits per heavy atom. The molecule has 108 valence electrons. The maximum atomic E-state index is 12.0. The largest absolute Gasteiger partial charge is 0.478 e. The van der Waals surface area contributed by atoms with E-state index in [1.165, 1.54) is 13.0 Å². The van der Waals surface area contributed by atoms with Gasteiger partial charge in [-0.2, -0.15) is 0 Å². The summed E-state index contributed by atoms with van der Waals surface area (Å²) in [6.45, 7) is 6.32. The lowest BCUT2D eigenvalue weighted by Crippen LogP contribution is -2.25. The monoisotopic (exact) mass is 280 g/mol. The van der Waals surface area contributed by atoms with E-state index in [-0.39, 0.29) is 22.3 Å². The Bertz CT molecular complexity index is 580. The van der Waals surface area contributed by atoms with Crippen molar-refractivity contribution in [3.05, 3.63) is 34.4 Å². The van der Waals surface area contributed by atoms with Crippen LogP contribution < -0.4 is 0 Å². The summed E-state index contributed by atoms with van der Waals surface area (Å²) in [6.07, 6.45) is 0. The fourth-order valence-corrected chi connectivity index (χ4v) is 1.72. The first-order chi connectivity index (χ1) is 9.04. The van der Waals surface area contributed by atoms with Crippen molar-refractivity contribution in [1.82, 2.24) is 0 Å². The predicted octanol–water partition coefficient (Wildman–Crippen LogP) is 2.35. The number of carboxylic acids is 2. The SMILES string of the molecule is Cc1c(C(=O)O)ccc(C(=O)OC(C)(C)C)c1C(=O)O. The molecule has 0 unspecified atom stereocenters. The van der Waals surface area contributed by atoms with Crippen molar-refractivity contribution in [2.75, 3.05) is 0 Å². The molecule has 0 saturated carbocycles. The molecule has 0 aliphatic heterocycles. The molecule has 0 saturated heterocycles. The lowest BCUT2D eigenvalue weighted by molar-refractivity contribution is 0.00652. The van der Waals surface area contributed by atoms with Gasteiger partial charge in [-0.1, -0.05) is 0 Å². The molecule has 1 rings (SSSR count). The molecular weight excluding hydrogens is 264 g/mol. The molecular formula is C14H16O6. The van der Waals surface area contributed by atoms with Crippen LogP contribution in [-0.4, -0.2) is 33.7 Å². The van der Waals surface area contributed by atoms with Gasteiger partial charge in [-0.05, 0) is 45.4 Å². The minimum atomic E-state index is -1.37. The highest BCUT2D eigenvalue weighted by Gasteiger charge is 2.26. The molecule has 1 aromatic rings. The minimum Gasteiger partial charge on any atom is -0.478 e. The van der Waals surface area contributed by atoms with Gasteiger partial charge >= 0.3 is 17.9 Å². The van der Waals surface area contributed by atoms with Gasteiger partial charge in [-0.15, -0.1) is 0 Å². The molecule has 0 atom stereocenters. The second-order valence-electron chi connectivity index (χ2n) is 5.27. The van der Waals surface area contributed by atoms with E-state index in [0.29, 0.717) is 0 Å². The number of carbonyl (C=O) groups is 3. The Hall–Kier alpha value is -2.37. The van der Waals surface area contributed by atoms with E-state index >= 15 is 0 Å². The van der Waals surface area contributed by atoms with Crippen LogP contribution >= 0.6 is 0 Å². The van der Waals surface area contributed by atoms with Gasteiger partial charge in [0, 0.05) is 0 Å². The van der Waals surface area contributed by atoms with Crippen LogP contribution in [0.15, 0.2) is 12.1 Å². The summed E-state index contributed by atoms with van der Waals surface area (Å²) >= 11 is 0. The molecule has 2 N–H and O–H groups in total. The summed E-state index contributed by atoms with van der Waals surface area (Å²) < 4.78 is 5.12. The number of hydrogen-bond donors (Lipinski definition) is 2. The average molecular weight is 280 g/mol. The summed E-state index contributed by atoms with van der Waals surface area (Å²) in [4.78, 5) is 34.3. The number of benzene rings is 1. The molecule has 0 amide bonds. The zero-order valence-corrected chi connectivity index (χ0v) is 11.7. The normalized spacial score (nSPS) is 11.0. The maximum Gasteiger partial charge on any atom is 0.339 e. The van der Waals surface area contributed by atoms with Gasteiger partial charge in [-0.3, -0.25) is 0 Å². The van der Waals surface area contributed by atoms with Gasteiger partial charge in [0.1, 0.15) is 5.60 Å². The summed E-state index contributed by atoms with van der Waals surface area (Å²) in [7, 11) is 0. The third kappa shape index (κ3) is 3.34. The lowest BCUT2D eigenvalue weighted by Gasteiger charge is -2.20. The van der Waals surface area contributed by atoms with Crippen LogP contribution in [0.25, 0.3) is 0 Å². The maximum absolute atomic E-state index is 12.0. The van der Waals surface area contributed by atoms with E-state index in [1.807, 2.05) is 0 Å². The second-order valence-corrected chi connectivity index (χ2v) is 5.27. The average Bonchev–Trinajstić information content (AvgIpc) is 2.24. The van der Waals surface area contributed by atoms with E-state index in [0.717, 1.165) is 6.07 Å². The first kappa shape index (κ1) is 15.7. The third-order valence-electron chi connectivity index (χ3n) is 2.53. The molecule has 0 fully saturated rings. The van der Waals surface area contributed by atoms with E-state index in [1.54, 1.807) is 20.8 Å². The number of esters is 1. The topological polar surface area (TPSA) is 101 Å². The molecule has 20 heavy (non-hydrogen) atoms. The summed E-state index contributed by atoms with van der Waals surface area (Å²) in [6, 6.07) is 2.36. The summed E-state index contributed by atoms with van der Waals surface area (Å²) in [5.74, 6) is -3.41. The van der Waals surface area contributed by atoms with Crippen molar-refractivity contribution in [3.8, 4) is 0 Å². The first-order valence-corrected chi connectivity index (χ1v) is 5.88. The summed E-state index contributed by atoms with van der Waals surface area (Å²) in [5, 5.41) is 18.2. The number of hydrogen-bond acceptors (Lipinski definition) is 4. The Kier molecular flexibility index (Phi) is 4.17. The molecule has 0 heterocycles. The molecule has 6 heteroatoms. The van der Waals surface area contributed by atoms with Crippen LogP contribution in [0, 0.1) is 6.92 Å². The molecule has 0 aliphatic carbocycles. The first-order valence-electron chi connectivity index (χ1n) is 5.88. The van der Waals surface area contributed by atoms with Crippen LogP contribution in [0.2, 0.25) is 0 Å². The molecule has 0 bridgehead atoms. The predicted molar refractivity (Wildman–Crippen MR) is 70.3 cm³/mol.